The number of carbonyl (C=O) groups excluding carboxylic acids is 1. The van der Waals surface area contributed by atoms with Crippen molar-refractivity contribution in [1.82, 2.24) is 25.0 Å². The molecule has 1 aromatic heterocycles. The Morgan fingerprint density at radius 1 is 1.22 bits per heavy atom. The van der Waals surface area contributed by atoms with Crippen molar-refractivity contribution in [3.8, 4) is 5.69 Å². The fraction of sp³-hybridized carbons (Fsp3) is 0.375. The summed E-state index contributed by atoms with van der Waals surface area (Å²) < 4.78 is 40.4. The number of urea groups is 1. The number of halogens is 3. The topological polar surface area (TPSA) is 100 Å². The lowest BCUT2D eigenvalue weighted by molar-refractivity contribution is -0.187. The summed E-state index contributed by atoms with van der Waals surface area (Å²) in [4.78, 5) is 28.1. The number of benzene rings is 1. The maximum absolute atomic E-state index is 13.0. The monoisotopic (exact) mass is 383 g/mol. The van der Waals surface area contributed by atoms with E-state index in [4.69, 9.17) is 5.11 Å². The average molecular weight is 383 g/mol. The third-order valence-electron chi connectivity index (χ3n) is 4.30. The minimum absolute atomic E-state index is 0.0937. The second-order valence-electron chi connectivity index (χ2n) is 6.10. The molecule has 0 radical (unpaired) electrons. The van der Waals surface area contributed by atoms with Gasteiger partial charge in [0.2, 0.25) is 0 Å². The molecular formula is C16H16F3N5O3. The number of rotatable bonds is 4. The Kier molecular flexibility index (Phi) is 5.02. The largest absolute Gasteiger partial charge is 0.481 e. The van der Waals surface area contributed by atoms with Gasteiger partial charge >= 0.3 is 18.2 Å². The van der Waals surface area contributed by atoms with Crippen LogP contribution in [0.3, 0.4) is 0 Å². The summed E-state index contributed by atoms with van der Waals surface area (Å²) in [7, 11) is 0. The van der Waals surface area contributed by atoms with Crippen LogP contribution in [0.5, 0.6) is 0 Å². The highest BCUT2D eigenvalue weighted by atomic mass is 19.4. The average Bonchev–Trinajstić information content (AvgIpc) is 3.27. The summed E-state index contributed by atoms with van der Waals surface area (Å²) in [6, 6.07) is 8.32. The van der Waals surface area contributed by atoms with Crippen LogP contribution in [0.2, 0.25) is 0 Å². The Morgan fingerprint density at radius 3 is 2.52 bits per heavy atom. The lowest BCUT2D eigenvalue weighted by Gasteiger charge is -2.18. The van der Waals surface area contributed by atoms with Crippen LogP contribution in [0.4, 0.5) is 18.0 Å². The molecule has 2 N–H and O–H groups in total. The number of aliphatic carboxylic acids is 1. The van der Waals surface area contributed by atoms with E-state index >= 15 is 0 Å². The molecule has 0 aliphatic carbocycles. The molecule has 8 nitrogen and oxygen atoms in total. The molecule has 2 atom stereocenters. The number of carboxylic acids is 1. The van der Waals surface area contributed by atoms with Crippen LogP contribution in [-0.2, 0) is 11.3 Å². The maximum Gasteiger partial charge on any atom is 0.394 e. The number of hydrogen-bond donors (Lipinski definition) is 2. The summed E-state index contributed by atoms with van der Waals surface area (Å²) in [5.41, 5.74) is 0.763. The Balaban J connectivity index is 1.60. The van der Waals surface area contributed by atoms with Crippen molar-refractivity contribution in [2.45, 2.75) is 12.7 Å². The molecule has 3 rings (SSSR count). The van der Waals surface area contributed by atoms with Crippen LogP contribution in [0.15, 0.2) is 36.7 Å². The molecule has 2 aromatic rings. The number of amides is 2. The van der Waals surface area contributed by atoms with Gasteiger partial charge in [-0.2, -0.15) is 13.2 Å². The zero-order valence-corrected chi connectivity index (χ0v) is 13.9. The SMILES string of the molecule is O=C(O)[C@@H]1CN(C(=O)NCc2ncn(-c3ccccc3)n2)C[C@H]1C(F)(F)F. The second kappa shape index (κ2) is 7.25. The molecule has 11 heteroatoms. The van der Waals surface area contributed by atoms with E-state index in [9.17, 15) is 22.8 Å². The standard InChI is InChI=1S/C16H16F3N5O3/c17-16(18,19)12-8-23(7-11(12)14(25)26)15(27)20-6-13-21-9-24(22-13)10-4-2-1-3-5-10/h1-5,9,11-12H,6-8H2,(H,20,27)(H,25,26)/t11-,12-/m1/s1. The van der Waals surface area contributed by atoms with Gasteiger partial charge in [0.1, 0.15) is 6.33 Å². The molecule has 144 valence electrons. The first-order chi connectivity index (χ1) is 12.8. The number of carboxylic acid groups (broad SMARTS) is 1. The van der Waals surface area contributed by atoms with Gasteiger partial charge in [0.25, 0.3) is 0 Å². The molecule has 0 spiro atoms. The summed E-state index contributed by atoms with van der Waals surface area (Å²) in [5.74, 6) is -5.06. The lowest BCUT2D eigenvalue weighted by atomic mass is 9.96. The third kappa shape index (κ3) is 4.18. The van der Waals surface area contributed by atoms with Crippen LogP contribution in [0.1, 0.15) is 5.82 Å². The number of carbonyl (C=O) groups is 2. The number of aromatic nitrogens is 3. The maximum atomic E-state index is 13.0. The smallest absolute Gasteiger partial charge is 0.394 e. The highest BCUT2D eigenvalue weighted by Gasteiger charge is 2.53. The van der Waals surface area contributed by atoms with E-state index in [1.54, 1.807) is 0 Å². The van der Waals surface area contributed by atoms with Gasteiger partial charge in [-0.1, -0.05) is 18.2 Å². The van der Waals surface area contributed by atoms with Gasteiger partial charge in [-0.25, -0.2) is 14.5 Å². The molecule has 1 aliphatic rings. The molecule has 1 saturated heterocycles. The van der Waals surface area contributed by atoms with Crippen LogP contribution >= 0.6 is 0 Å². The second-order valence-corrected chi connectivity index (χ2v) is 6.10. The van der Waals surface area contributed by atoms with Gasteiger partial charge in [-0.05, 0) is 12.1 Å². The van der Waals surface area contributed by atoms with Gasteiger partial charge in [0.15, 0.2) is 5.82 Å². The summed E-state index contributed by atoms with van der Waals surface area (Å²) >= 11 is 0. The summed E-state index contributed by atoms with van der Waals surface area (Å²) in [5, 5.41) is 15.6. The van der Waals surface area contributed by atoms with Gasteiger partial charge in [-0.15, -0.1) is 5.10 Å². The van der Waals surface area contributed by atoms with Crippen molar-refractivity contribution in [1.29, 1.82) is 0 Å². The Morgan fingerprint density at radius 2 is 1.93 bits per heavy atom. The fourth-order valence-electron chi connectivity index (χ4n) is 2.90. The lowest BCUT2D eigenvalue weighted by Crippen LogP contribution is -2.39. The van der Waals surface area contributed by atoms with E-state index in [-0.39, 0.29) is 12.4 Å². The molecule has 0 unspecified atom stereocenters. The Labute approximate surface area is 151 Å². The highest BCUT2D eigenvalue weighted by Crippen LogP contribution is 2.37. The Bertz CT molecular complexity index is 824. The zero-order valence-electron chi connectivity index (χ0n) is 13.9. The van der Waals surface area contributed by atoms with Crippen molar-refractivity contribution < 1.29 is 27.9 Å². The molecule has 0 saturated carbocycles. The van der Waals surface area contributed by atoms with Gasteiger partial charge in [-0.3, -0.25) is 4.79 Å². The number of alkyl halides is 3. The van der Waals surface area contributed by atoms with Crippen LogP contribution in [-0.4, -0.2) is 56.0 Å². The molecule has 0 bridgehead atoms. The van der Waals surface area contributed by atoms with E-state index in [1.165, 1.54) is 11.0 Å². The first-order valence-corrected chi connectivity index (χ1v) is 8.04. The molecular weight excluding hydrogens is 367 g/mol. The molecule has 1 aromatic carbocycles. The number of nitrogens with one attached hydrogen (secondary N) is 1. The highest BCUT2D eigenvalue weighted by molar-refractivity contribution is 5.77. The van der Waals surface area contributed by atoms with Crippen LogP contribution in [0.25, 0.3) is 5.69 Å². The van der Waals surface area contributed by atoms with E-state index in [0.29, 0.717) is 0 Å². The predicted molar refractivity (Wildman–Crippen MR) is 85.8 cm³/mol. The molecule has 1 aliphatic heterocycles. The first-order valence-electron chi connectivity index (χ1n) is 8.04. The molecule has 27 heavy (non-hydrogen) atoms. The number of para-hydroxylation sites is 1. The quantitative estimate of drug-likeness (QED) is 0.837. The minimum atomic E-state index is -4.69. The number of likely N-dealkylation sites (tertiary alicyclic amines) is 1. The van der Waals surface area contributed by atoms with Gasteiger partial charge in [0.05, 0.1) is 24.1 Å². The summed E-state index contributed by atoms with van der Waals surface area (Å²) in [6.45, 7) is -1.29. The van der Waals surface area contributed by atoms with Crippen LogP contribution < -0.4 is 5.32 Å². The van der Waals surface area contributed by atoms with E-state index in [0.717, 1.165) is 10.6 Å². The molecule has 1 fully saturated rings. The van der Waals surface area contributed by atoms with Gasteiger partial charge < -0.3 is 15.3 Å². The summed E-state index contributed by atoms with van der Waals surface area (Å²) in [6.07, 6.45) is -3.24. The number of nitrogens with zero attached hydrogens (tertiary/aromatic N) is 4. The Hall–Kier alpha value is -3.11. The van der Waals surface area contributed by atoms with Gasteiger partial charge in [0, 0.05) is 13.1 Å². The van der Waals surface area contributed by atoms with E-state index < -0.39 is 43.1 Å². The zero-order chi connectivity index (χ0) is 19.6. The minimum Gasteiger partial charge on any atom is -0.481 e. The van der Waals surface area contributed by atoms with E-state index in [1.807, 2.05) is 30.3 Å². The van der Waals surface area contributed by atoms with E-state index in [2.05, 4.69) is 15.4 Å². The van der Waals surface area contributed by atoms with Crippen molar-refractivity contribution >= 4 is 12.0 Å². The third-order valence-corrected chi connectivity index (χ3v) is 4.30. The molecule has 2 heterocycles. The number of hydrogen-bond acceptors (Lipinski definition) is 4. The first kappa shape index (κ1) is 18.7. The molecule has 2 amide bonds. The van der Waals surface area contributed by atoms with Crippen molar-refractivity contribution in [3.63, 3.8) is 0 Å². The van der Waals surface area contributed by atoms with Crippen LogP contribution in [0, 0.1) is 11.8 Å². The van der Waals surface area contributed by atoms with Crippen molar-refractivity contribution in [3.05, 3.63) is 42.5 Å². The van der Waals surface area contributed by atoms with Crippen molar-refractivity contribution in [2.24, 2.45) is 11.8 Å². The fourth-order valence-corrected chi connectivity index (χ4v) is 2.90. The predicted octanol–water partition coefficient (Wildman–Crippen LogP) is 1.67. The normalized spacial score (nSPS) is 19.9. The van der Waals surface area contributed by atoms with Crippen molar-refractivity contribution in [2.75, 3.05) is 13.1 Å².